The van der Waals surface area contributed by atoms with Crippen LogP contribution in [0.5, 0.6) is 0 Å². The summed E-state index contributed by atoms with van der Waals surface area (Å²) in [5.74, 6) is 0. The Bertz CT molecular complexity index is 323. The lowest BCUT2D eigenvalue weighted by atomic mass is 10.1. The summed E-state index contributed by atoms with van der Waals surface area (Å²) in [4.78, 5) is 3.77. The average Bonchev–Trinajstić information content (AvgIpc) is 2.19. The normalized spacial score (nSPS) is 15.2. The van der Waals surface area contributed by atoms with Crippen molar-refractivity contribution in [3.8, 4) is 0 Å². The third-order valence-corrected chi connectivity index (χ3v) is 2.59. The molecule has 1 heterocycles. The van der Waals surface area contributed by atoms with Gasteiger partial charge in [-0.1, -0.05) is 11.6 Å². The van der Waals surface area contributed by atoms with Crippen LogP contribution < -0.4 is 0 Å². The minimum absolute atomic E-state index is 0.215. The van der Waals surface area contributed by atoms with E-state index in [4.69, 9.17) is 16.7 Å². The summed E-state index contributed by atoms with van der Waals surface area (Å²) in [5.41, 5.74) is 0.395. The fourth-order valence-corrected chi connectivity index (χ4v) is 1.58. The summed E-state index contributed by atoms with van der Waals surface area (Å²) >= 11 is 8.78. The zero-order chi connectivity index (χ0) is 10.7. The van der Waals surface area contributed by atoms with Gasteiger partial charge in [-0.2, -0.15) is 0 Å². The monoisotopic (exact) mass is 281 g/mol. The molecule has 0 aliphatic carbocycles. The number of hydrogen-bond donors (Lipinski definition) is 3. The Morgan fingerprint density at radius 2 is 2.14 bits per heavy atom. The molecule has 2 unspecified atom stereocenters. The van der Waals surface area contributed by atoms with Gasteiger partial charge in [0.05, 0.1) is 6.61 Å². The molecule has 0 aliphatic heterocycles. The van der Waals surface area contributed by atoms with Crippen molar-refractivity contribution in [1.82, 2.24) is 4.98 Å². The molecule has 0 saturated carbocycles. The maximum absolute atomic E-state index is 9.57. The molecule has 0 bridgehead atoms. The Hall–Kier alpha value is -0.200. The van der Waals surface area contributed by atoms with Gasteiger partial charge >= 0.3 is 0 Å². The van der Waals surface area contributed by atoms with E-state index in [2.05, 4.69) is 20.9 Å². The number of rotatable bonds is 3. The van der Waals surface area contributed by atoms with Crippen molar-refractivity contribution in [2.24, 2.45) is 0 Å². The van der Waals surface area contributed by atoms with Crippen molar-refractivity contribution in [2.75, 3.05) is 6.61 Å². The molecule has 2 atom stereocenters. The molecule has 0 fully saturated rings. The summed E-state index contributed by atoms with van der Waals surface area (Å²) in [6.07, 6.45) is -0.995. The fourth-order valence-electron chi connectivity index (χ4n) is 0.961. The van der Waals surface area contributed by atoms with E-state index in [1.807, 2.05) is 0 Å². The lowest BCUT2D eigenvalue weighted by Gasteiger charge is -2.17. The molecule has 0 aromatic carbocycles. The maximum Gasteiger partial charge on any atom is 0.129 e. The highest BCUT2D eigenvalue weighted by Gasteiger charge is 2.20. The second kappa shape index (κ2) is 5.04. The fraction of sp³-hybridized carbons (Fsp3) is 0.375. The first kappa shape index (κ1) is 11.9. The van der Waals surface area contributed by atoms with Crippen molar-refractivity contribution < 1.29 is 15.3 Å². The van der Waals surface area contributed by atoms with Crippen LogP contribution in [0, 0.1) is 0 Å². The molecule has 0 saturated heterocycles. The highest BCUT2D eigenvalue weighted by atomic mass is 79.9. The molecule has 3 N–H and O–H groups in total. The van der Waals surface area contributed by atoms with Crippen LogP contribution in [0.1, 0.15) is 11.7 Å². The first-order valence-electron chi connectivity index (χ1n) is 3.84. The van der Waals surface area contributed by atoms with Crippen molar-refractivity contribution >= 4 is 27.5 Å². The lowest BCUT2D eigenvalue weighted by Crippen LogP contribution is -2.22. The number of halogens is 2. The van der Waals surface area contributed by atoms with E-state index >= 15 is 0 Å². The quantitative estimate of drug-likeness (QED) is 0.720. The van der Waals surface area contributed by atoms with E-state index < -0.39 is 18.8 Å². The van der Waals surface area contributed by atoms with Crippen LogP contribution in [0.15, 0.2) is 16.7 Å². The molecule has 1 aromatic heterocycles. The molecule has 6 heteroatoms. The van der Waals surface area contributed by atoms with Gasteiger partial charge in [0.1, 0.15) is 17.4 Å². The standard InChI is InChI=1S/C8H9BrClNO3/c9-5-2-11-7(10)1-4(5)8(14)6(13)3-12/h1-2,6,8,12-14H,3H2. The molecular weight excluding hydrogens is 273 g/mol. The third kappa shape index (κ3) is 2.65. The Morgan fingerprint density at radius 1 is 1.50 bits per heavy atom. The Balaban J connectivity index is 2.99. The largest absolute Gasteiger partial charge is 0.394 e. The molecule has 0 spiro atoms. The number of hydrogen-bond acceptors (Lipinski definition) is 4. The minimum atomic E-state index is -1.23. The number of nitrogens with zero attached hydrogens (tertiary/aromatic N) is 1. The van der Waals surface area contributed by atoms with Crippen molar-refractivity contribution in [1.29, 1.82) is 0 Å². The summed E-state index contributed by atoms with van der Waals surface area (Å²) < 4.78 is 0.530. The first-order valence-corrected chi connectivity index (χ1v) is 5.01. The summed E-state index contributed by atoms with van der Waals surface area (Å²) in [6.45, 7) is -0.520. The molecule has 1 rings (SSSR count). The van der Waals surface area contributed by atoms with E-state index in [-0.39, 0.29) is 5.15 Å². The highest BCUT2D eigenvalue weighted by molar-refractivity contribution is 9.10. The van der Waals surface area contributed by atoms with Crippen LogP contribution in [-0.2, 0) is 0 Å². The van der Waals surface area contributed by atoms with Crippen LogP contribution in [0.25, 0.3) is 0 Å². The first-order chi connectivity index (χ1) is 6.56. The molecule has 14 heavy (non-hydrogen) atoms. The van der Waals surface area contributed by atoms with Crippen LogP contribution in [-0.4, -0.2) is 33.0 Å². The predicted molar refractivity (Wildman–Crippen MR) is 55.0 cm³/mol. The van der Waals surface area contributed by atoms with Gasteiger partial charge in [-0.25, -0.2) is 4.98 Å². The second-order valence-electron chi connectivity index (χ2n) is 2.72. The van der Waals surface area contributed by atoms with Gasteiger partial charge in [-0.15, -0.1) is 0 Å². The van der Waals surface area contributed by atoms with Gasteiger partial charge in [0.25, 0.3) is 0 Å². The van der Waals surface area contributed by atoms with Gasteiger partial charge < -0.3 is 15.3 Å². The van der Waals surface area contributed by atoms with Crippen LogP contribution >= 0.6 is 27.5 Å². The number of aliphatic hydroxyl groups excluding tert-OH is 3. The Morgan fingerprint density at radius 3 is 2.71 bits per heavy atom. The van der Waals surface area contributed by atoms with E-state index in [0.717, 1.165) is 0 Å². The number of aliphatic hydroxyl groups is 3. The topological polar surface area (TPSA) is 73.6 Å². The van der Waals surface area contributed by atoms with Crippen molar-refractivity contribution in [2.45, 2.75) is 12.2 Å². The third-order valence-electron chi connectivity index (χ3n) is 1.72. The Kier molecular flexibility index (Phi) is 4.28. The van der Waals surface area contributed by atoms with Crippen molar-refractivity contribution in [3.63, 3.8) is 0 Å². The van der Waals surface area contributed by atoms with Crippen LogP contribution in [0.2, 0.25) is 5.15 Å². The predicted octanol–water partition coefficient (Wildman–Crippen LogP) is 0.884. The van der Waals surface area contributed by atoms with Gasteiger partial charge in [0.15, 0.2) is 0 Å². The molecular formula is C8H9BrClNO3. The lowest BCUT2D eigenvalue weighted by molar-refractivity contribution is -0.0156. The number of pyridine rings is 1. The smallest absolute Gasteiger partial charge is 0.129 e. The molecule has 0 aliphatic rings. The van der Waals surface area contributed by atoms with Gasteiger partial charge in [-0.05, 0) is 22.0 Å². The molecule has 78 valence electrons. The zero-order valence-electron chi connectivity index (χ0n) is 7.06. The molecule has 0 amide bonds. The summed E-state index contributed by atoms with van der Waals surface area (Å²) in [5, 5.41) is 27.6. The van der Waals surface area contributed by atoms with Gasteiger partial charge in [0.2, 0.25) is 0 Å². The number of aromatic nitrogens is 1. The van der Waals surface area contributed by atoms with E-state index in [1.54, 1.807) is 0 Å². The highest BCUT2D eigenvalue weighted by Crippen LogP contribution is 2.26. The minimum Gasteiger partial charge on any atom is -0.394 e. The van der Waals surface area contributed by atoms with Crippen LogP contribution in [0.3, 0.4) is 0 Å². The van der Waals surface area contributed by atoms with E-state index in [0.29, 0.717) is 10.0 Å². The van der Waals surface area contributed by atoms with Gasteiger partial charge in [0, 0.05) is 16.2 Å². The molecule has 1 aromatic rings. The Labute approximate surface area is 94.3 Å². The summed E-state index contributed by atoms with van der Waals surface area (Å²) in [6, 6.07) is 1.43. The SMILES string of the molecule is OCC(O)C(O)c1cc(Cl)ncc1Br. The molecule has 4 nitrogen and oxygen atoms in total. The maximum atomic E-state index is 9.57. The average molecular weight is 283 g/mol. The van der Waals surface area contributed by atoms with E-state index in [1.165, 1.54) is 12.3 Å². The zero-order valence-corrected chi connectivity index (χ0v) is 9.40. The second-order valence-corrected chi connectivity index (χ2v) is 3.96. The van der Waals surface area contributed by atoms with E-state index in [9.17, 15) is 10.2 Å². The summed E-state index contributed by atoms with van der Waals surface area (Å²) in [7, 11) is 0. The van der Waals surface area contributed by atoms with Crippen molar-refractivity contribution in [3.05, 3.63) is 27.5 Å². The van der Waals surface area contributed by atoms with Crippen LogP contribution in [0.4, 0.5) is 0 Å². The molecule has 0 radical (unpaired) electrons. The van der Waals surface area contributed by atoms with Gasteiger partial charge in [-0.3, -0.25) is 0 Å².